The highest BCUT2D eigenvalue weighted by atomic mass is 16.6. The monoisotopic (exact) mass is 440 g/mol. The third-order valence-electron chi connectivity index (χ3n) is 5.03. The maximum atomic E-state index is 12.9. The van der Waals surface area contributed by atoms with E-state index in [-0.39, 0.29) is 37.3 Å². The molecule has 2 aromatic rings. The fraction of sp³-hybridized carbons (Fsp3) is 0.364. The van der Waals surface area contributed by atoms with E-state index >= 15 is 0 Å². The van der Waals surface area contributed by atoms with Gasteiger partial charge in [0.05, 0.1) is 11.0 Å². The molecule has 10 heteroatoms. The number of non-ortho nitro benzene ring substituents is 1. The van der Waals surface area contributed by atoms with Crippen LogP contribution in [0.3, 0.4) is 0 Å². The van der Waals surface area contributed by atoms with Gasteiger partial charge in [0.2, 0.25) is 0 Å². The SMILES string of the molecule is CC(C)[C@H]1C[C@](NC(=O)OCc2ccccc2)(C(=O)OCc2ccc([N+](=O)[O-])cc2)N=N1. The van der Waals surface area contributed by atoms with Crippen molar-refractivity contribution in [2.75, 3.05) is 0 Å². The highest BCUT2D eigenvalue weighted by Crippen LogP contribution is 2.31. The van der Waals surface area contributed by atoms with Crippen LogP contribution in [-0.4, -0.2) is 28.7 Å². The molecule has 0 fully saturated rings. The van der Waals surface area contributed by atoms with Crippen LogP contribution in [0.4, 0.5) is 10.5 Å². The first kappa shape index (κ1) is 22.9. The van der Waals surface area contributed by atoms with Crippen molar-refractivity contribution >= 4 is 17.7 Å². The molecule has 0 radical (unpaired) electrons. The second-order valence-electron chi connectivity index (χ2n) is 7.78. The summed E-state index contributed by atoms with van der Waals surface area (Å²) in [5.74, 6) is -0.676. The molecule has 32 heavy (non-hydrogen) atoms. The first-order valence-corrected chi connectivity index (χ1v) is 10.1. The Hall–Kier alpha value is -3.82. The van der Waals surface area contributed by atoms with Gasteiger partial charge < -0.3 is 9.47 Å². The minimum atomic E-state index is -1.69. The van der Waals surface area contributed by atoms with Crippen LogP contribution in [0.15, 0.2) is 64.8 Å². The van der Waals surface area contributed by atoms with Crippen LogP contribution in [0, 0.1) is 16.0 Å². The summed E-state index contributed by atoms with van der Waals surface area (Å²) >= 11 is 0. The maximum Gasteiger partial charge on any atom is 0.409 e. The van der Waals surface area contributed by atoms with E-state index in [9.17, 15) is 19.7 Å². The number of esters is 1. The number of azo groups is 1. The normalized spacial score (nSPS) is 19.5. The zero-order valence-electron chi connectivity index (χ0n) is 17.8. The van der Waals surface area contributed by atoms with Gasteiger partial charge in [0.25, 0.3) is 11.4 Å². The average Bonchev–Trinajstić information content (AvgIpc) is 3.22. The Kier molecular flexibility index (Phi) is 7.14. The number of hydrogen-bond donors (Lipinski definition) is 1. The highest BCUT2D eigenvalue weighted by Gasteiger charge is 2.49. The second-order valence-corrected chi connectivity index (χ2v) is 7.78. The summed E-state index contributed by atoms with van der Waals surface area (Å²) in [5.41, 5.74) is -0.404. The van der Waals surface area contributed by atoms with Crippen LogP contribution in [0.2, 0.25) is 0 Å². The molecule has 3 rings (SSSR count). The summed E-state index contributed by atoms with van der Waals surface area (Å²) in [4.78, 5) is 35.6. The number of nitro groups is 1. The molecule has 1 aliphatic heterocycles. The summed E-state index contributed by atoms with van der Waals surface area (Å²) in [6.45, 7) is 3.78. The van der Waals surface area contributed by atoms with E-state index in [2.05, 4.69) is 15.5 Å². The van der Waals surface area contributed by atoms with E-state index in [1.165, 1.54) is 24.3 Å². The fourth-order valence-electron chi connectivity index (χ4n) is 3.09. The predicted octanol–water partition coefficient (Wildman–Crippen LogP) is 4.14. The number of carbonyl (C=O) groups excluding carboxylic acids is 2. The van der Waals surface area contributed by atoms with E-state index in [1.54, 1.807) is 0 Å². The van der Waals surface area contributed by atoms with Crippen molar-refractivity contribution in [2.24, 2.45) is 16.1 Å². The van der Waals surface area contributed by atoms with Crippen molar-refractivity contribution in [3.63, 3.8) is 0 Å². The summed E-state index contributed by atoms with van der Waals surface area (Å²) < 4.78 is 10.6. The van der Waals surface area contributed by atoms with Crippen LogP contribution in [-0.2, 0) is 27.5 Å². The van der Waals surface area contributed by atoms with Gasteiger partial charge in [0.15, 0.2) is 0 Å². The molecular weight excluding hydrogens is 416 g/mol. The van der Waals surface area contributed by atoms with E-state index in [0.717, 1.165) is 5.56 Å². The third-order valence-corrected chi connectivity index (χ3v) is 5.03. The van der Waals surface area contributed by atoms with Gasteiger partial charge in [-0.3, -0.25) is 15.4 Å². The molecule has 168 valence electrons. The van der Waals surface area contributed by atoms with E-state index in [4.69, 9.17) is 9.47 Å². The molecule has 0 saturated heterocycles. The second kappa shape index (κ2) is 9.99. The van der Waals surface area contributed by atoms with Gasteiger partial charge in [-0.05, 0) is 29.2 Å². The number of amides is 1. The van der Waals surface area contributed by atoms with Crippen LogP contribution in [0.1, 0.15) is 31.4 Å². The molecule has 0 unspecified atom stereocenters. The lowest BCUT2D eigenvalue weighted by molar-refractivity contribution is -0.384. The lowest BCUT2D eigenvalue weighted by Gasteiger charge is -2.25. The van der Waals surface area contributed by atoms with Gasteiger partial charge in [-0.2, -0.15) is 10.2 Å². The number of carbonyl (C=O) groups is 2. The number of rotatable bonds is 8. The van der Waals surface area contributed by atoms with E-state index < -0.39 is 22.6 Å². The standard InChI is InChI=1S/C22H24N4O6/c1-15(2)19-12-22(25-24-19,23-21(28)32-14-16-6-4-3-5-7-16)20(27)31-13-17-8-10-18(11-9-17)26(29)30/h3-11,15,19H,12-14H2,1-2H3,(H,23,28)/t19-,22-/m1/s1. The molecule has 1 N–H and O–H groups in total. The molecule has 2 atom stereocenters. The van der Waals surface area contributed by atoms with Crippen LogP contribution in [0.5, 0.6) is 0 Å². The Morgan fingerprint density at radius 3 is 2.31 bits per heavy atom. The third kappa shape index (κ3) is 5.65. The lowest BCUT2D eigenvalue weighted by atomic mass is 9.95. The first-order valence-electron chi connectivity index (χ1n) is 10.1. The van der Waals surface area contributed by atoms with Crippen LogP contribution < -0.4 is 5.32 Å². The van der Waals surface area contributed by atoms with Crippen molar-refractivity contribution in [2.45, 2.75) is 45.2 Å². The molecule has 0 saturated carbocycles. The Morgan fingerprint density at radius 2 is 1.72 bits per heavy atom. The van der Waals surface area contributed by atoms with Gasteiger partial charge in [0, 0.05) is 18.6 Å². The number of ether oxygens (including phenoxy) is 2. The molecule has 2 aromatic carbocycles. The smallest absolute Gasteiger partial charge is 0.409 e. The predicted molar refractivity (Wildman–Crippen MR) is 113 cm³/mol. The minimum Gasteiger partial charge on any atom is -0.458 e. The van der Waals surface area contributed by atoms with Gasteiger partial charge in [-0.25, -0.2) is 9.59 Å². The topological polar surface area (TPSA) is 132 Å². The number of hydrogen-bond acceptors (Lipinski definition) is 8. The number of alkyl carbamates (subject to hydrolysis) is 1. The van der Waals surface area contributed by atoms with Crippen molar-refractivity contribution in [3.8, 4) is 0 Å². The van der Waals surface area contributed by atoms with Crippen LogP contribution >= 0.6 is 0 Å². The molecule has 10 nitrogen and oxygen atoms in total. The average molecular weight is 440 g/mol. The van der Waals surface area contributed by atoms with Gasteiger partial charge >= 0.3 is 12.1 Å². The number of nitrogens with one attached hydrogen (secondary N) is 1. The summed E-state index contributed by atoms with van der Waals surface area (Å²) in [5, 5.41) is 21.5. The molecule has 0 aromatic heterocycles. The van der Waals surface area contributed by atoms with Gasteiger partial charge in [-0.1, -0.05) is 44.2 Å². The quantitative estimate of drug-likeness (QED) is 0.373. The number of nitrogens with zero attached hydrogens (tertiary/aromatic N) is 3. The summed E-state index contributed by atoms with van der Waals surface area (Å²) in [6.07, 6.45) is -0.672. The number of nitro benzene ring substituents is 1. The van der Waals surface area contributed by atoms with E-state index in [1.807, 2.05) is 44.2 Å². The van der Waals surface area contributed by atoms with Crippen molar-refractivity contribution in [1.29, 1.82) is 0 Å². The van der Waals surface area contributed by atoms with Gasteiger partial charge in [0.1, 0.15) is 13.2 Å². The van der Waals surface area contributed by atoms with E-state index in [0.29, 0.717) is 5.56 Å². The lowest BCUT2D eigenvalue weighted by Crippen LogP contribution is -2.53. The molecular formula is C22H24N4O6. The summed E-state index contributed by atoms with van der Waals surface area (Å²) in [7, 11) is 0. The Morgan fingerprint density at radius 1 is 1.09 bits per heavy atom. The number of benzene rings is 2. The molecule has 1 heterocycles. The Balaban J connectivity index is 1.66. The molecule has 1 aliphatic rings. The fourth-order valence-corrected chi connectivity index (χ4v) is 3.09. The zero-order chi connectivity index (χ0) is 23.1. The molecule has 1 amide bonds. The largest absolute Gasteiger partial charge is 0.458 e. The summed E-state index contributed by atoms with van der Waals surface area (Å²) in [6, 6.07) is 14.5. The van der Waals surface area contributed by atoms with Crippen molar-refractivity contribution in [3.05, 3.63) is 75.8 Å². The molecule has 0 spiro atoms. The van der Waals surface area contributed by atoms with Crippen molar-refractivity contribution < 1.29 is 24.0 Å². The highest BCUT2D eigenvalue weighted by molar-refractivity contribution is 5.85. The first-order chi connectivity index (χ1) is 15.3. The Bertz CT molecular complexity index is 993. The Labute approximate surface area is 184 Å². The van der Waals surface area contributed by atoms with Gasteiger partial charge in [-0.15, -0.1) is 0 Å². The molecule has 0 bridgehead atoms. The maximum absolute atomic E-state index is 12.9. The minimum absolute atomic E-state index is 0.0331. The molecule has 0 aliphatic carbocycles. The zero-order valence-corrected chi connectivity index (χ0v) is 17.8. The van der Waals surface area contributed by atoms with Crippen molar-refractivity contribution in [1.82, 2.24) is 5.32 Å². The van der Waals surface area contributed by atoms with Crippen LogP contribution in [0.25, 0.3) is 0 Å².